The average Bonchev–Trinajstić information content (AvgIpc) is 2.53. The second-order valence-electron chi connectivity index (χ2n) is 5.22. The molecule has 1 heterocycles. The lowest BCUT2D eigenvalue weighted by atomic mass is 10.1. The van der Waals surface area contributed by atoms with Crippen LogP contribution in [-0.4, -0.2) is 16.4 Å². The van der Waals surface area contributed by atoms with Gasteiger partial charge in [-0.05, 0) is 36.8 Å². The van der Waals surface area contributed by atoms with E-state index in [-0.39, 0.29) is 17.0 Å². The van der Waals surface area contributed by atoms with E-state index in [1.165, 1.54) is 10.6 Å². The Morgan fingerprint density at radius 2 is 1.91 bits per heavy atom. The predicted molar refractivity (Wildman–Crippen MR) is 89.7 cm³/mol. The quantitative estimate of drug-likeness (QED) is 0.909. The van der Waals surface area contributed by atoms with E-state index in [9.17, 15) is 14.4 Å². The van der Waals surface area contributed by atoms with Crippen molar-refractivity contribution >= 4 is 23.2 Å². The van der Waals surface area contributed by atoms with E-state index in [0.29, 0.717) is 17.8 Å². The van der Waals surface area contributed by atoms with Crippen LogP contribution in [0.3, 0.4) is 0 Å². The largest absolute Gasteiger partial charge is 0.326 e. The van der Waals surface area contributed by atoms with Gasteiger partial charge < -0.3 is 15.2 Å². The lowest BCUT2D eigenvalue weighted by molar-refractivity contribution is -0.115. The summed E-state index contributed by atoms with van der Waals surface area (Å²) >= 11 is 0. The van der Waals surface area contributed by atoms with Crippen LogP contribution in [0, 0.1) is 6.92 Å². The molecule has 2 aromatic rings. The molecule has 0 unspecified atom stereocenters. The molecule has 0 aliphatic rings. The average molecular weight is 313 g/mol. The van der Waals surface area contributed by atoms with Crippen molar-refractivity contribution in [3.63, 3.8) is 0 Å². The van der Waals surface area contributed by atoms with Crippen LogP contribution in [0.5, 0.6) is 0 Å². The summed E-state index contributed by atoms with van der Waals surface area (Å²) in [7, 11) is 1.59. The van der Waals surface area contributed by atoms with Crippen LogP contribution in [0.1, 0.15) is 29.3 Å². The van der Waals surface area contributed by atoms with E-state index in [1.807, 2.05) is 6.92 Å². The standard InChI is InChI=1S/C17H19N3O3/c1-4-15(21)18-12-8-7-11(2)14(10-12)19-16(22)13-6-5-9-20(3)17(13)23/h5-10H,4H2,1-3H3,(H,18,21)(H,19,22). The molecule has 6 nitrogen and oxygen atoms in total. The molecule has 2 amide bonds. The highest BCUT2D eigenvalue weighted by atomic mass is 16.2. The molecule has 120 valence electrons. The molecule has 2 N–H and O–H groups in total. The number of nitrogens with zero attached hydrogens (tertiary/aromatic N) is 1. The van der Waals surface area contributed by atoms with Gasteiger partial charge in [-0.25, -0.2) is 0 Å². The lowest BCUT2D eigenvalue weighted by Crippen LogP contribution is -2.27. The number of anilines is 2. The summed E-state index contributed by atoms with van der Waals surface area (Å²) in [6.45, 7) is 3.60. The molecule has 0 aliphatic carbocycles. The number of pyridine rings is 1. The van der Waals surface area contributed by atoms with E-state index in [0.717, 1.165) is 5.56 Å². The van der Waals surface area contributed by atoms with Crippen molar-refractivity contribution in [2.75, 3.05) is 10.6 Å². The first-order valence-electron chi connectivity index (χ1n) is 7.30. The molecule has 0 fully saturated rings. The van der Waals surface area contributed by atoms with Crippen molar-refractivity contribution in [1.29, 1.82) is 0 Å². The second kappa shape index (κ2) is 6.91. The first-order chi connectivity index (χ1) is 10.9. The summed E-state index contributed by atoms with van der Waals surface area (Å²) in [6.07, 6.45) is 1.96. The van der Waals surface area contributed by atoms with Crippen LogP contribution in [0.2, 0.25) is 0 Å². The number of benzene rings is 1. The fraction of sp³-hybridized carbons (Fsp3) is 0.235. The molecule has 0 atom stereocenters. The molecule has 1 aromatic carbocycles. The Kier molecular flexibility index (Phi) is 4.95. The predicted octanol–water partition coefficient (Wildman–Crippen LogP) is 2.29. The minimum atomic E-state index is -0.478. The van der Waals surface area contributed by atoms with Gasteiger partial charge in [-0.3, -0.25) is 14.4 Å². The molecule has 0 spiro atoms. The number of amides is 2. The molecule has 6 heteroatoms. The summed E-state index contributed by atoms with van der Waals surface area (Å²) in [5.74, 6) is -0.587. The van der Waals surface area contributed by atoms with Crippen molar-refractivity contribution in [2.24, 2.45) is 7.05 Å². The summed E-state index contributed by atoms with van der Waals surface area (Å²) < 4.78 is 1.35. The third-order valence-corrected chi connectivity index (χ3v) is 3.46. The maximum atomic E-state index is 12.3. The number of aryl methyl sites for hydroxylation is 2. The Bertz CT molecular complexity index is 809. The number of carbonyl (C=O) groups excluding carboxylic acids is 2. The number of aromatic nitrogens is 1. The SMILES string of the molecule is CCC(=O)Nc1ccc(C)c(NC(=O)c2cccn(C)c2=O)c1. The first kappa shape index (κ1) is 16.5. The molecular weight excluding hydrogens is 294 g/mol. The van der Waals surface area contributed by atoms with E-state index < -0.39 is 5.91 Å². The first-order valence-corrected chi connectivity index (χ1v) is 7.30. The van der Waals surface area contributed by atoms with Gasteiger partial charge in [-0.2, -0.15) is 0 Å². The Morgan fingerprint density at radius 3 is 2.61 bits per heavy atom. The number of rotatable bonds is 4. The molecule has 0 saturated carbocycles. The summed E-state index contributed by atoms with van der Waals surface area (Å²) in [4.78, 5) is 35.8. The smallest absolute Gasteiger partial charge is 0.263 e. The molecule has 0 saturated heterocycles. The van der Waals surface area contributed by atoms with Gasteiger partial charge in [0.05, 0.1) is 0 Å². The number of nitrogens with one attached hydrogen (secondary N) is 2. The summed E-state index contributed by atoms with van der Waals surface area (Å²) in [5.41, 5.74) is 1.68. The van der Waals surface area contributed by atoms with E-state index in [2.05, 4.69) is 10.6 Å². The summed E-state index contributed by atoms with van der Waals surface area (Å²) in [6, 6.07) is 8.36. The third-order valence-electron chi connectivity index (χ3n) is 3.46. The lowest BCUT2D eigenvalue weighted by Gasteiger charge is -2.11. The van der Waals surface area contributed by atoms with E-state index >= 15 is 0 Å². The zero-order valence-electron chi connectivity index (χ0n) is 13.3. The molecule has 1 aromatic heterocycles. The van der Waals surface area contributed by atoms with Crippen molar-refractivity contribution in [3.05, 3.63) is 58.0 Å². The molecule has 23 heavy (non-hydrogen) atoms. The van der Waals surface area contributed by atoms with Gasteiger partial charge in [0.2, 0.25) is 5.91 Å². The van der Waals surface area contributed by atoms with Crippen LogP contribution in [0.25, 0.3) is 0 Å². The Labute approximate surface area is 134 Å². The number of hydrogen-bond donors (Lipinski definition) is 2. The van der Waals surface area contributed by atoms with Gasteiger partial charge in [0.15, 0.2) is 0 Å². The molecule has 0 aliphatic heterocycles. The van der Waals surface area contributed by atoms with Crippen LogP contribution in [-0.2, 0) is 11.8 Å². The minimum absolute atomic E-state index is 0.0670. The normalized spacial score (nSPS) is 10.2. The van der Waals surface area contributed by atoms with Crippen LogP contribution < -0.4 is 16.2 Å². The molecule has 2 rings (SSSR count). The maximum absolute atomic E-state index is 12.3. The van der Waals surface area contributed by atoms with Gasteiger partial charge in [-0.15, -0.1) is 0 Å². The number of hydrogen-bond acceptors (Lipinski definition) is 3. The van der Waals surface area contributed by atoms with Crippen LogP contribution in [0.4, 0.5) is 11.4 Å². The fourth-order valence-corrected chi connectivity index (χ4v) is 2.04. The monoisotopic (exact) mass is 313 g/mol. The minimum Gasteiger partial charge on any atom is -0.326 e. The van der Waals surface area contributed by atoms with Gasteiger partial charge in [-0.1, -0.05) is 13.0 Å². The van der Waals surface area contributed by atoms with Crippen LogP contribution in [0.15, 0.2) is 41.3 Å². The van der Waals surface area contributed by atoms with Gasteiger partial charge >= 0.3 is 0 Å². The number of carbonyl (C=O) groups is 2. The summed E-state index contributed by atoms with van der Waals surface area (Å²) in [5, 5.41) is 5.46. The van der Waals surface area contributed by atoms with Crippen molar-refractivity contribution < 1.29 is 9.59 Å². The highest BCUT2D eigenvalue weighted by Gasteiger charge is 2.13. The van der Waals surface area contributed by atoms with Gasteiger partial charge in [0.1, 0.15) is 5.56 Å². The van der Waals surface area contributed by atoms with Crippen molar-refractivity contribution in [1.82, 2.24) is 4.57 Å². The fourth-order valence-electron chi connectivity index (χ4n) is 2.04. The zero-order valence-corrected chi connectivity index (χ0v) is 13.3. The topological polar surface area (TPSA) is 80.2 Å². The van der Waals surface area contributed by atoms with Gasteiger partial charge in [0, 0.05) is 31.0 Å². The van der Waals surface area contributed by atoms with Gasteiger partial charge in [0.25, 0.3) is 11.5 Å². The Hall–Kier alpha value is -2.89. The molecular formula is C17H19N3O3. The Morgan fingerprint density at radius 1 is 1.17 bits per heavy atom. The van der Waals surface area contributed by atoms with Crippen molar-refractivity contribution in [3.8, 4) is 0 Å². The second-order valence-corrected chi connectivity index (χ2v) is 5.22. The maximum Gasteiger partial charge on any atom is 0.263 e. The highest BCUT2D eigenvalue weighted by Crippen LogP contribution is 2.21. The Balaban J connectivity index is 2.27. The molecule has 0 radical (unpaired) electrons. The van der Waals surface area contributed by atoms with Crippen LogP contribution >= 0.6 is 0 Å². The zero-order chi connectivity index (χ0) is 17.0. The third kappa shape index (κ3) is 3.85. The van der Waals surface area contributed by atoms with E-state index in [4.69, 9.17) is 0 Å². The molecule has 0 bridgehead atoms. The highest BCUT2D eigenvalue weighted by molar-refractivity contribution is 6.04. The van der Waals surface area contributed by atoms with Crippen molar-refractivity contribution in [2.45, 2.75) is 20.3 Å². The van der Waals surface area contributed by atoms with E-state index in [1.54, 1.807) is 44.4 Å².